The van der Waals surface area contributed by atoms with E-state index in [1.807, 2.05) is 18.2 Å². The van der Waals surface area contributed by atoms with Crippen LogP contribution in [0.15, 0.2) is 18.2 Å². The van der Waals surface area contributed by atoms with Gasteiger partial charge in [0.1, 0.15) is 0 Å². The van der Waals surface area contributed by atoms with Crippen molar-refractivity contribution < 1.29 is 9.53 Å². The molecule has 96 valence electrons. The van der Waals surface area contributed by atoms with Crippen molar-refractivity contribution in [2.45, 2.75) is 13.0 Å². The molecule has 5 heteroatoms. The lowest BCUT2D eigenvalue weighted by molar-refractivity contribution is -0.122. The Kier molecular flexibility index (Phi) is 2.83. The molecule has 2 aliphatic heterocycles. The number of carbonyl (C=O) groups is 1. The highest BCUT2D eigenvalue weighted by molar-refractivity contribution is 5.99. The predicted octanol–water partition coefficient (Wildman–Crippen LogP) is 0.816. The van der Waals surface area contributed by atoms with Gasteiger partial charge < -0.3 is 20.3 Å². The van der Waals surface area contributed by atoms with Crippen molar-refractivity contribution in [3.63, 3.8) is 0 Å². The van der Waals surface area contributed by atoms with E-state index in [0.29, 0.717) is 0 Å². The van der Waals surface area contributed by atoms with Gasteiger partial charge in [-0.1, -0.05) is 6.07 Å². The first-order chi connectivity index (χ1) is 8.75. The van der Waals surface area contributed by atoms with E-state index in [-0.39, 0.29) is 5.91 Å². The van der Waals surface area contributed by atoms with Crippen molar-refractivity contribution in [2.75, 3.05) is 36.4 Å². The van der Waals surface area contributed by atoms with Crippen LogP contribution in [0.4, 0.5) is 11.4 Å². The molecule has 0 bridgehead atoms. The van der Waals surface area contributed by atoms with Crippen LogP contribution < -0.4 is 20.3 Å². The molecule has 0 aromatic heterocycles. The molecule has 0 radical (unpaired) electrons. The van der Waals surface area contributed by atoms with Crippen LogP contribution in [-0.4, -0.2) is 38.2 Å². The maximum absolute atomic E-state index is 11.6. The number of nitrogens with zero attached hydrogens (tertiary/aromatic N) is 1. The summed E-state index contributed by atoms with van der Waals surface area (Å²) >= 11 is 0. The number of piperazine rings is 1. The molecule has 18 heavy (non-hydrogen) atoms. The number of anilines is 2. The summed E-state index contributed by atoms with van der Waals surface area (Å²) in [5, 5.41) is 6.21. The molecule has 1 unspecified atom stereocenters. The van der Waals surface area contributed by atoms with Crippen molar-refractivity contribution >= 4 is 17.3 Å². The summed E-state index contributed by atoms with van der Waals surface area (Å²) in [6.45, 7) is 5.65. The Morgan fingerprint density at radius 1 is 1.33 bits per heavy atom. The second-order valence-electron chi connectivity index (χ2n) is 4.64. The highest BCUT2D eigenvalue weighted by Crippen LogP contribution is 2.39. The monoisotopic (exact) mass is 247 g/mol. The number of benzene rings is 1. The van der Waals surface area contributed by atoms with Crippen molar-refractivity contribution in [1.82, 2.24) is 5.32 Å². The van der Waals surface area contributed by atoms with Gasteiger partial charge in [-0.05, 0) is 19.1 Å². The van der Waals surface area contributed by atoms with Gasteiger partial charge in [0.05, 0.1) is 11.4 Å². The third-order valence-electron chi connectivity index (χ3n) is 3.37. The lowest BCUT2D eigenvalue weighted by Crippen LogP contribution is -2.44. The van der Waals surface area contributed by atoms with Crippen LogP contribution in [0, 0.1) is 0 Å². The van der Waals surface area contributed by atoms with E-state index in [1.165, 1.54) is 0 Å². The summed E-state index contributed by atoms with van der Waals surface area (Å²) in [6.07, 6.45) is -0.429. The van der Waals surface area contributed by atoms with Crippen LogP contribution in [0.3, 0.4) is 0 Å². The molecular weight excluding hydrogens is 230 g/mol. The van der Waals surface area contributed by atoms with E-state index in [1.54, 1.807) is 6.92 Å². The topological polar surface area (TPSA) is 53.6 Å². The molecule has 1 fully saturated rings. The number of amides is 1. The van der Waals surface area contributed by atoms with Crippen LogP contribution in [-0.2, 0) is 4.79 Å². The summed E-state index contributed by atoms with van der Waals surface area (Å²) in [5.74, 6) is 0.714. The second-order valence-corrected chi connectivity index (χ2v) is 4.64. The number of nitrogens with one attached hydrogen (secondary N) is 2. The summed E-state index contributed by atoms with van der Waals surface area (Å²) in [5.41, 5.74) is 1.84. The normalized spacial score (nSPS) is 23.1. The lowest BCUT2D eigenvalue weighted by atomic mass is 10.1. The van der Waals surface area contributed by atoms with Crippen LogP contribution >= 0.6 is 0 Å². The Hall–Kier alpha value is -1.75. The summed E-state index contributed by atoms with van der Waals surface area (Å²) < 4.78 is 5.75. The standard InChI is InChI=1S/C13H17N3O2/c1-9-13(17)15-10-3-2-4-11(12(10)18-9)16-7-5-14-6-8-16/h2-4,9,14H,5-8H2,1H3,(H,15,17). The largest absolute Gasteiger partial charge is 0.477 e. The number of hydrogen-bond donors (Lipinski definition) is 2. The number of fused-ring (bicyclic) bond motifs is 1. The summed E-state index contributed by atoms with van der Waals surface area (Å²) in [7, 11) is 0. The van der Waals surface area contributed by atoms with E-state index in [2.05, 4.69) is 15.5 Å². The quantitative estimate of drug-likeness (QED) is 0.771. The Balaban J connectivity index is 1.96. The van der Waals surface area contributed by atoms with Crippen LogP contribution in [0.2, 0.25) is 0 Å². The summed E-state index contributed by atoms with van der Waals surface area (Å²) in [6, 6.07) is 5.88. The number of carbonyl (C=O) groups excluding carboxylic acids is 1. The van der Waals surface area contributed by atoms with E-state index >= 15 is 0 Å². The van der Waals surface area contributed by atoms with Crippen LogP contribution in [0.1, 0.15) is 6.92 Å². The number of ether oxygens (including phenoxy) is 1. The minimum Gasteiger partial charge on any atom is -0.477 e. The maximum Gasteiger partial charge on any atom is 0.265 e. The Morgan fingerprint density at radius 3 is 2.89 bits per heavy atom. The van der Waals surface area contributed by atoms with Gasteiger partial charge in [-0.15, -0.1) is 0 Å². The Bertz CT molecular complexity index is 469. The minimum atomic E-state index is -0.429. The third kappa shape index (κ3) is 1.90. The van der Waals surface area contributed by atoms with Gasteiger partial charge in [0, 0.05) is 26.2 Å². The molecule has 0 saturated carbocycles. The van der Waals surface area contributed by atoms with E-state index in [9.17, 15) is 4.79 Å². The number of rotatable bonds is 1. The number of hydrogen-bond acceptors (Lipinski definition) is 4. The van der Waals surface area contributed by atoms with Crippen LogP contribution in [0.5, 0.6) is 5.75 Å². The average molecular weight is 247 g/mol. The van der Waals surface area contributed by atoms with Gasteiger partial charge in [0.15, 0.2) is 11.9 Å². The first-order valence-electron chi connectivity index (χ1n) is 6.32. The molecule has 2 N–H and O–H groups in total. The molecule has 3 rings (SSSR count). The zero-order chi connectivity index (χ0) is 12.5. The fraction of sp³-hybridized carbons (Fsp3) is 0.462. The fourth-order valence-corrected chi connectivity index (χ4v) is 2.37. The molecule has 5 nitrogen and oxygen atoms in total. The van der Waals surface area contributed by atoms with Crippen molar-refractivity contribution in [3.05, 3.63) is 18.2 Å². The van der Waals surface area contributed by atoms with Gasteiger partial charge in [0.25, 0.3) is 5.91 Å². The molecule has 2 heterocycles. The fourth-order valence-electron chi connectivity index (χ4n) is 2.37. The summed E-state index contributed by atoms with van der Waals surface area (Å²) in [4.78, 5) is 13.9. The van der Waals surface area contributed by atoms with E-state index in [0.717, 1.165) is 43.3 Å². The van der Waals surface area contributed by atoms with Crippen LogP contribution in [0.25, 0.3) is 0 Å². The molecule has 1 amide bonds. The highest BCUT2D eigenvalue weighted by Gasteiger charge is 2.27. The van der Waals surface area contributed by atoms with Gasteiger partial charge >= 0.3 is 0 Å². The minimum absolute atomic E-state index is 0.0834. The highest BCUT2D eigenvalue weighted by atomic mass is 16.5. The SMILES string of the molecule is CC1Oc2c(cccc2N2CCNCC2)NC1=O. The first-order valence-corrected chi connectivity index (χ1v) is 6.32. The molecule has 1 saturated heterocycles. The molecule has 1 aromatic carbocycles. The zero-order valence-electron chi connectivity index (χ0n) is 10.4. The molecular formula is C13H17N3O2. The number of para-hydroxylation sites is 1. The zero-order valence-corrected chi connectivity index (χ0v) is 10.4. The van der Waals surface area contributed by atoms with E-state index < -0.39 is 6.10 Å². The van der Waals surface area contributed by atoms with Crippen molar-refractivity contribution in [1.29, 1.82) is 0 Å². The molecule has 1 aromatic rings. The molecule has 1 atom stereocenters. The predicted molar refractivity (Wildman–Crippen MR) is 70.2 cm³/mol. The van der Waals surface area contributed by atoms with Gasteiger partial charge in [-0.2, -0.15) is 0 Å². The van der Waals surface area contributed by atoms with Gasteiger partial charge in [0.2, 0.25) is 0 Å². The second kappa shape index (κ2) is 4.49. The molecule has 0 aliphatic carbocycles. The Morgan fingerprint density at radius 2 is 2.11 bits per heavy atom. The van der Waals surface area contributed by atoms with E-state index in [4.69, 9.17) is 4.74 Å². The van der Waals surface area contributed by atoms with Crippen molar-refractivity contribution in [2.24, 2.45) is 0 Å². The molecule has 0 spiro atoms. The third-order valence-corrected chi connectivity index (χ3v) is 3.37. The maximum atomic E-state index is 11.6. The average Bonchev–Trinajstić information content (AvgIpc) is 2.40. The van der Waals surface area contributed by atoms with Crippen molar-refractivity contribution in [3.8, 4) is 5.75 Å². The molecule has 2 aliphatic rings. The van der Waals surface area contributed by atoms with Gasteiger partial charge in [-0.3, -0.25) is 4.79 Å². The lowest BCUT2D eigenvalue weighted by Gasteiger charge is -2.33. The Labute approximate surface area is 106 Å². The van der Waals surface area contributed by atoms with Gasteiger partial charge in [-0.25, -0.2) is 0 Å². The first kappa shape index (κ1) is 11.3. The smallest absolute Gasteiger partial charge is 0.265 e.